The lowest BCUT2D eigenvalue weighted by Gasteiger charge is -2.11. The first-order valence-corrected chi connectivity index (χ1v) is 8.33. The normalized spacial score (nSPS) is 10.7. The van der Waals surface area contributed by atoms with Crippen LogP contribution >= 0.6 is 0 Å². The third-order valence-corrected chi connectivity index (χ3v) is 4.10. The predicted molar refractivity (Wildman–Crippen MR) is 96.7 cm³/mol. The summed E-state index contributed by atoms with van der Waals surface area (Å²) in [6, 6.07) is 8.70. The molecule has 0 aliphatic rings. The van der Waals surface area contributed by atoms with Gasteiger partial charge in [0.05, 0.1) is 18.6 Å². The van der Waals surface area contributed by atoms with Crippen molar-refractivity contribution in [3.63, 3.8) is 0 Å². The van der Waals surface area contributed by atoms with Crippen LogP contribution in [0.2, 0.25) is 0 Å². The minimum atomic E-state index is -0.402. The number of hydrogen-bond acceptors (Lipinski definition) is 5. The molecule has 0 amide bonds. The molecule has 6 heteroatoms. The van der Waals surface area contributed by atoms with E-state index in [1.54, 1.807) is 44.2 Å². The molecule has 0 bridgehead atoms. The highest BCUT2D eigenvalue weighted by Crippen LogP contribution is 2.22. The van der Waals surface area contributed by atoms with Gasteiger partial charge < -0.3 is 14.0 Å². The zero-order valence-corrected chi connectivity index (χ0v) is 15.7. The molecule has 1 aromatic carbocycles. The van der Waals surface area contributed by atoms with E-state index in [0.717, 1.165) is 17.1 Å². The first-order chi connectivity index (χ1) is 12.3. The van der Waals surface area contributed by atoms with Crippen LogP contribution in [0, 0.1) is 19.8 Å². The average Bonchev–Trinajstić information content (AvgIpc) is 2.93. The van der Waals surface area contributed by atoms with Crippen molar-refractivity contribution in [2.24, 2.45) is 5.92 Å². The van der Waals surface area contributed by atoms with E-state index >= 15 is 0 Å². The van der Waals surface area contributed by atoms with Crippen molar-refractivity contribution in [3.05, 3.63) is 52.8 Å². The number of hydrogen-bond donors (Lipinski definition) is 0. The fourth-order valence-corrected chi connectivity index (χ4v) is 2.69. The average molecular weight is 357 g/mol. The summed E-state index contributed by atoms with van der Waals surface area (Å²) in [5, 5.41) is 0. The van der Waals surface area contributed by atoms with Crippen LogP contribution in [0.3, 0.4) is 0 Å². The number of ether oxygens (including phenoxy) is 2. The van der Waals surface area contributed by atoms with Crippen molar-refractivity contribution in [3.8, 4) is 5.69 Å². The third-order valence-electron chi connectivity index (χ3n) is 4.10. The lowest BCUT2D eigenvalue weighted by atomic mass is 10.1. The summed E-state index contributed by atoms with van der Waals surface area (Å²) in [4.78, 5) is 35.5. The van der Waals surface area contributed by atoms with Crippen molar-refractivity contribution in [1.82, 2.24) is 4.57 Å². The van der Waals surface area contributed by atoms with Crippen LogP contribution in [0.5, 0.6) is 0 Å². The number of nitrogens with zero attached hydrogens (tertiary/aromatic N) is 1. The molecule has 0 radical (unpaired) electrons. The van der Waals surface area contributed by atoms with Crippen LogP contribution in [0.15, 0.2) is 30.3 Å². The summed E-state index contributed by atoms with van der Waals surface area (Å²) in [6.45, 7) is 6.88. The van der Waals surface area contributed by atoms with E-state index in [4.69, 9.17) is 9.47 Å². The number of carbonyl (C=O) groups excluding carboxylic acids is 3. The van der Waals surface area contributed by atoms with Gasteiger partial charge in [-0.3, -0.25) is 9.59 Å². The molecular formula is C20H23NO5. The number of carbonyl (C=O) groups is 3. The van der Waals surface area contributed by atoms with Crippen LogP contribution in [-0.4, -0.2) is 36.0 Å². The largest absolute Gasteiger partial charge is 0.465 e. The molecule has 0 unspecified atom stereocenters. The number of rotatable bonds is 6. The highest BCUT2D eigenvalue weighted by Gasteiger charge is 2.19. The Morgan fingerprint density at radius 3 is 2.23 bits per heavy atom. The molecule has 0 aliphatic carbocycles. The van der Waals surface area contributed by atoms with E-state index in [-0.39, 0.29) is 18.3 Å². The summed E-state index contributed by atoms with van der Waals surface area (Å²) >= 11 is 0. The number of methoxy groups -OCH3 is 1. The first kappa shape index (κ1) is 19.4. The fraction of sp³-hybridized carbons (Fsp3) is 0.350. The predicted octanol–water partition coefficient (Wildman–Crippen LogP) is 3.26. The van der Waals surface area contributed by atoms with E-state index < -0.39 is 11.9 Å². The number of aryl methyl sites for hydroxylation is 1. The topological polar surface area (TPSA) is 74.6 Å². The number of Topliss-reactive ketones (excluding diaryl/α,β-unsaturated/α-hetero) is 1. The molecule has 0 spiro atoms. The Bertz CT molecular complexity index is 831. The van der Waals surface area contributed by atoms with Crippen molar-refractivity contribution < 1.29 is 23.9 Å². The minimum absolute atomic E-state index is 0.246. The molecule has 0 fully saturated rings. The maximum absolute atomic E-state index is 12.4. The van der Waals surface area contributed by atoms with E-state index in [9.17, 15) is 14.4 Å². The summed E-state index contributed by atoms with van der Waals surface area (Å²) in [5.74, 6) is -1.32. The second-order valence-electron chi connectivity index (χ2n) is 6.34. The fourth-order valence-electron chi connectivity index (χ4n) is 2.69. The van der Waals surface area contributed by atoms with Gasteiger partial charge >= 0.3 is 11.9 Å². The molecule has 1 heterocycles. The lowest BCUT2D eigenvalue weighted by molar-refractivity contribution is -0.146. The molecule has 26 heavy (non-hydrogen) atoms. The molecule has 0 saturated heterocycles. The summed E-state index contributed by atoms with van der Waals surface area (Å²) in [5.41, 5.74) is 3.41. The van der Waals surface area contributed by atoms with Gasteiger partial charge in [0.25, 0.3) is 0 Å². The van der Waals surface area contributed by atoms with Crippen LogP contribution < -0.4 is 0 Å². The molecule has 1 aromatic heterocycles. The second-order valence-corrected chi connectivity index (χ2v) is 6.34. The molecule has 6 nitrogen and oxygen atoms in total. The number of aromatic nitrogens is 1. The van der Waals surface area contributed by atoms with E-state index in [1.165, 1.54) is 7.11 Å². The van der Waals surface area contributed by atoms with Crippen LogP contribution in [0.1, 0.15) is 46.0 Å². The maximum atomic E-state index is 12.4. The third kappa shape index (κ3) is 4.02. The highest BCUT2D eigenvalue weighted by molar-refractivity contribution is 5.99. The van der Waals surface area contributed by atoms with Crippen molar-refractivity contribution in [1.29, 1.82) is 0 Å². The first-order valence-electron chi connectivity index (χ1n) is 8.33. The Labute approximate surface area is 152 Å². The zero-order chi connectivity index (χ0) is 19.4. The molecule has 0 N–H and O–H groups in total. The van der Waals surface area contributed by atoms with Gasteiger partial charge in [0.2, 0.25) is 5.78 Å². The van der Waals surface area contributed by atoms with Crippen LogP contribution in [0.25, 0.3) is 5.69 Å². The Balaban J connectivity index is 2.26. The SMILES string of the molecule is COC(=O)c1ccc(-n2c(C)cc(C(=O)COC(=O)C(C)C)c2C)cc1. The maximum Gasteiger partial charge on any atom is 0.337 e. The van der Waals surface area contributed by atoms with Gasteiger partial charge in [-0.2, -0.15) is 0 Å². The van der Waals surface area contributed by atoms with Gasteiger partial charge in [0.1, 0.15) is 0 Å². The summed E-state index contributed by atoms with van der Waals surface area (Å²) in [6.07, 6.45) is 0. The summed E-state index contributed by atoms with van der Waals surface area (Å²) in [7, 11) is 1.33. The molecule has 2 aromatic rings. The molecule has 0 saturated carbocycles. The molecule has 2 rings (SSSR count). The molecule has 138 valence electrons. The zero-order valence-electron chi connectivity index (χ0n) is 15.7. The van der Waals surface area contributed by atoms with Crippen LogP contribution in [0.4, 0.5) is 0 Å². The Morgan fingerprint density at radius 2 is 1.69 bits per heavy atom. The number of benzene rings is 1. The number of ketones is 1. The van der Waals surface area contributed by atoms with Crippen LogP contribution in [-0.2, 0) is 14.3 Å². The van der Waals surface area contributed by atoms with Gasteiger partial charge in [-0.1, -0.05) is 13.8 Å². The van der Waals surface area contributed by atoms with Crippen molar-refractivity contribution >= 4 is 17.7 Å². The molecular weight excluding hydrogens is 334 g/mol. The second kappa shape index (κ2) is 7.99. The van der Waals surface area contributed by atoms with Gasteiger partial charge in [0, 0.05) is 22.6 Å². The van der Waals surface area contributed by atoms with Gasteiger partial charge in [-0.05, 0) is 44.2 Å². The quantitative estimate of drug-likeness (QED) is 0.586. The summed E-state index contributed by atoms with van der Waals surface area (Å²) < 4.78 is 11.6. The Hall–Kier alpha value is -2.89. The van der Waals surface area contributed by atoms with Gasteiger partial charge in [0.15, 0.2) is 6.61 Å². The minimum Gasteiger partial charge on any atom is -0.465 e. The molecule has 0 atom stereocenters. The van der Waals surface area contributed by atoms with E-state index in [1.807, 2.05) is 18.4 Å². The van der Waals surface area contributed by atoms with Gasteiger partial charge in [-0.15, -0.1) is 0 Å². The monoisotopic (exact) mass is 357 g/mol. The Morgan fingerprint density at radius 1 is 1.08 bits per heavy atom. The lowest BCUT2D eigenvalue weighted by Crippen LogP contribution is -2.18. The van der Waals surface area contributed by atoms with E-state index in [2.05, 4.69) is 0 Å². The molecule has 0 aliphatic heterocycles. The van der Waals surface area contributed by atoms with Gasteiger partial charge in [-0.25, -0.2) is 4.79 Å². The standard InChI is InChI=1S/C20H23NO5/c1-12(2)19(23)26-11-18(22)17-10-13(3)21(14(17)4)16-8-6-15(7-9-16)20(24)25-5/h6-10,12H,11H2,1-5H3. The highest BCUT2D eigenvalue weighted by atomic mass is 16.5. The number of esters is 2. The smallest absolute Gasteiger partial charge is 0.337 e. The Kier molecular flexibility index (Phi) is 5.97. The van der Waals surface area contributed by atoms with E-state index in [0.29, 0.717) is 11.1 Å². The van der Waals surface area contributed by atoms with Crippen molar-refractivity contribution in [2.45, 2.75) is 27.7 Å². The van der Waals surface area contributed by atoms with Crippen molar-refractivity contribution in [2.75, 3.05) is 13.7 Å².